The molecule has 2 atom stereocenters. The van der Waals surface area contributed by atoms with Crippen LogP contribution >= 0.6 is 0 Å². The van der Waals surface area contributed by atoms with E-state index in [1.807, 2.05) is 30.3 Å². The van der Waals surface area contributed by atoms with Crippen LogP contribution in [0.1, 0.15) is 31.9 Å². The third kappa shape index (κ3) is 6.94. The van der Waals surface area contributed by atoms with Crippen LogP contribution in [0.15, 0.2) is 48.8 Å². The van der Waals surface area contributed by atoms with Crippen LogP contribution in [0.5, 0.6) is 0 Å². The molecule has 0 bridgehead atoms. The fourth-order valence-corrected chi connectivity index (χ4v) is 2.68. The molecule has 1 aromatic heterocycles. The molecule has 2 heterocycles. The van der Waals surface area contributed by atoms with Crippen molar-refractivity contribution >= 4 is 29.4 Å². The Morgan fingerprint density at radius 2 is 2.03 bits per heavy atom. The third-order valence-electron chi connectivity index (χ3n) is 4.31. The highest BCUT2D eigenvalue weighted by atomic mass is 16.8. The second kappa shape index (κ2) is 11.0. The maximum Gasteiger partial charge on any atom is 0.267 e. The van der Waals surface area contributed by atoms with Crippen molar-refractivity contribution in [3.8, 4) is 0 Å². The van der Waals surface area contributed by atoms with Crippen LogP contribution in [0.4, 0.5) is 11.5 Å². The fourth-order valence-electron chi connectivity index (χ4n) is 2.68. The van der Waals surface area contributed by atoms with E-state index in [1.54, 1.807) is 6.92 Å². The molecule has 3 rings (SSSR count). The third-order valence-corrected chi connectivity index (χ3v) is 4.31. The summed E-state index contributed by atoms with van der Waals surface area (Å²) < 4.78 is 5.37. The average molecular weight is 411 g/mol. The molecule has 1 saturated heterocycles. The number of aromatic nitrogens is 2. The first-order valence-corrected chi connectivity index (χ1v) is 9.80. The molecule has 0 radical (unpaired) electrons. The van der Waals surface area contributed by atoms with E-state index in [9.17, 15) is 9.59 Å². The van der Waals surface area contributed by atoms with Gasteiger partial charge in [-0.2, -0.15) is 0 Å². The van der Waals surface area contributed by atoms with Gasteiger partial charge >= 0.3 is 0 Å². The number of hydrogen-bond acceptors (Lipinski definition) is 7. The van der Waals surface area contributed by atoms with Gasteiger partial charge in [0.25, 0.3) is 5.91 Å². The van der Waals surface area contributed by atoms with Crippen LogP contribution in [0.2, 0.25) is 0 Å². The van der Waals surface area contributed by atoms with Gasteiger partial charge in [0.1, 0.15) is 11.9 Å². The Kier molecular flexibility index (Phi) is 7.87. The molecule has 9 heteroatoms. The lowest BCUT2D eigenvalue weighted by Crippen LogP contribution is -2.32. The van der Waals surface area contributed by atoms with Crippen molar-refractivity contribution in [1.29, 1.82) is 0 Å². The van der Waals surface area contributed by atoms with Gasteiger partial charge in [-0.1, -0.05) is 18.2 Å². The van der Waals surface area contributed by atoms with Crippen molar-refractivity contribution in [3.63, 3.8) is 0 Å². The summed E-state index contributed by atoms with van der Waals surface area (Å²) in [5.74, 6) is -0.157. The maximum atomic E-state index is 12.2. The van der Waals surface area contributed by atoms with Crippen molar-refractivity contribution < 1.29 is 19.2 Å². The number of rotatable bonds is 8. The van der Waals surface area contributed by atoms with Gasteiger partial charge in [-0.25, -0.2) is 15.3 Å². The van der Waals surface area contributed by atoms with E-state index in [4.69, 9.17) is 9.57 Å². The summed E-state index contributed by atoms with van der Waals surface area (Å²) in [6.07, 6.45) is 8.19. The van der Waals surface area contributed by atoms with E-state index < -0.39 is 18.2 Å². The molecular formula is C21H25N5O4. The number of anilines is 2. The fraction of sp³-hybridized carbons (Fsp3) is 0.333. The van der Waals surface area contributed by atoms with Crippen molar-refractivity contribution in [3.05, 3.63) is 54.5 Å². The molecular weight excluding hydrogens is 386 g/mol. The maximum absolute atomic E-state index is 12.2. The van der Waals surface area contributed by atoms with Crippen molar-refractivity contribution in [2.45, 2.75) is 38.5 Å². The summed E-state index contributed by atoms with van der Waals surface area (Å²) in [5.41, 5.74) is 3.55. The number of carbonyl (C=O) groups is 2. The highest BCUT2D eigenvalue weighted by Crippen LogP contribution is 2.12. The van der Waals surface area contributed by atoms with Gasteiger partial charge in [0.05, 0.1) is 18.1 Å². The molecule has 3 N–H and O–H groups in total. The largest absolute Gasteiger partial charge is 0.357 e. The summed E-state index contributed by atoms with van der Waals surface area (Å²) >= 11 is 0. The molecule has 2 aromatic rings. The second-order valence-electron chi connectivity index (χ2n) is 6.76. The molecule has 30 heavy (non-hydrogen) atoms. The van der Waals surface area contributed by atoms with Crippen molar-refractivity contribution in [1.82, 2.24) is 15.4 Å². The highest BCUT2D eigenvalue weighted by molar-refractivity contribution is 5.96. The summed E-state index contributed by atoms with van der Waals surface area (Å²) in [4.78, 5) is 37.7. The smallest absolute Gasteiger partial charge is 0.267 e. The Balaban J connectivity index is 1.44. The van der Waals surface area contributed by atoms with E-state index >= 15 is 0 Å². The topological polar surface area (TPSA) is 114 Å². The van der Waals surface area contributed by atoms with Crippen LogP contribution in [0, 0.1) is 0 Å². The van der Waals surface area contributed by atoms with Gasteiger partial charge in [0.15, 0.2) is 6.29 Å². The lowest BCUT2D eigenvalue weighted by atomic mass is 10.2. The number of carbonyl (C=O) groups excluding carboxylic acids is 2. The van der Waals surface area contributed by atoms with Gasteiger partial charge < -0.3 is 15.4 Å². The Hall–Kier alpha value is -3.30. The summed E-state index contributed by atoms with van der Waals surface area (Å²) in [6.45, 7) is 2.37. The van der Waals surface area contributed by atoms with Crippen molar-refractivity contribution in [2.75, 3.05) is 17.2 Å². The number of hydroxylamine groups is 1. The van der Waals surface area contributed by atoms with Crippen LogP contribution < -0.4 is 16.1 Å². The number of benzene rings is 1. The van der Waals surface area contributed by atoms with Crippen molar-refractivity contribution in [2.24, 2.45) is 0 Å². The van der Waals surface area contributed by atoms with E-state index in [0.717, 1.165) is 24.9 Å². The number of nitrogens with one attached hydrogen (secondary N) is 3. The Bertz CT molecular complexity index is 851. The van der Waals surface area contributed by atoms with Crippen LogP contribution in [-0.4, -0.2) is 40.7 Å². The zero-order valence-corrected chi connectivity index (χ0v) is 16.7. The molecule has 1 aromatic carbocycles. The molecule has 1 aliphatic heterocycles. The van der Waals surface area contributed by atoms with Gasteiger partial charge in [-0.05, 0) is 38.0 Å². The van der Waals surface area contributed by atoms with Gasteiger partial charge in [-0.3, -0.25) is 14.6 Å². The number of amides is 2. The Morgan fingerprint density at radius 1 is 1.20 bits per heavy atom. The van der Waals surface area contributed by atoms with E-state index in [0.29, 0.717) is 18.1 Å². The number of nitrogens with zero attached hydrogens (tertiary/aromatic N) is 2. The van der Waals surface area contributed by atoms with Gasteiger partial charge in [-0.15, -0.1) is 0 Å². The van der Waals surface area contributed by atoms with E-state index in [1.165, 1.54) is 24.5 Å². The average Bonchev–Trinajstić information content (AvgIpc) is 2.78. The number of hydrogen-bond donors (Lipinski definition) is 3. The molecule has 0 aliphatic carbocycles. The molecule has 0 saturated carbocycles. The first-order valence-electron chi connectivity index (χ1n) is 9.80. The minimum absolute atomic E-state index is 0.189. The first-order chi connectivity index (χ1) is 14.6. The molecule has 1 fully saturated rings. The van der Waals surface area contributed by atoms with Crippen LogP contribution in [0.25, 0.3) is 6.08 Å². The zero-order valence-electron chi connectivity index (χ0n) is 16.7. The number of para-hydroxylation sites is 1. The Morgan fingerprint density at radius 3 is 2.73 bits per heavy atom. The lowest BCUT2D eigenvalue weighted by Gasteiger charge is -2.21. The quantitative estimate of drug-likeness (QED) is 0.452. The van der Waals surface area contributed by atoms with Crippen LogP contribution in [0.3, 0.4) is 0 Å². The summed E-state index contributed by atoms with van der Waals surface area (Å²) in [5, 5.41) is 5.80. The number of ether oxygens (including phenoxy) is 1. The molecule has 1 aliphatic rings. The first kappa shape index (κ1) is 21.4. The minimum Gasteiger partial charge on any atom is -0.357 e. The Labute approximate surface area is 174 Å². The zero-order chi connectivity index (χ0) is 21.2. The predicted molar refractivity (Wildman–Crippen MR) is 112 cm³/mol. The van der Waals surface area contributed by atoms with E-state index in [2.05, 4.69) is 26.1 Å². The molecule has 1 unspecified atom stereocenters. The standard InChI is InChI=1S/C21H25N5O4/c1-15(21(28)25-16-7-3-2-4-8-16)24-18-14-22-17(13-23-18)10-11-19(27)26-30-20-9-5-6-12-29-20/h2-4,7-8,10-11,13-15,20H,5-6,9,12H2,1H3,(H,23,24)(H,25,28)(H,26,27)/t15-,20?/m1/s1. The molecule has 9 nitrogen and oxygen atoms in total. The normalized spacial score (nSPS) is 17.3. The van der Waals surface area contributed by atoms with Gasteiger partial charge in [0, 0.05) is 24.8 Å². The van der Waals surface area contributed by atoms with Crippen LogP contribution in [-0.2, 0) is 19.2 Å². The predicted octanol–water partition coefficient (Wildman–Crippen LogP) is 2.50. The molecule has 158 valence electrons. The minimum atomic E-state index is -0.508. The lowest BCUT2D eigenvalue weighted by molar-refractivity contribution is -0.198. The van der Waals surface area contributed by atoms with Gasteiger partial charge in [0.2, 0.25) is 5.91 Å². The summed E-state index contributed by atoms with van der Waals surface area (Å²) in [7, 11) is 0. The molecule has 2 amide bonds. The monoisotopic (exact) mass is 411 g/mol. The molecule has 0 spiro atoms. The second-order valence-corrected chi connectivity index (χ2v) is 6.76. The highest BCUT2D eigenvalue weighted by Gasteiger charge is 2.15. The van der Waals surface area contributed by atoms with E-state index in [-0.39, 0.29) is 5.91 Å². The SMILES string of the molecule is C[C@@H](Nc1cnc(C=CC(=O)NOC2CCCCO2)cn1)C(=O)Nc1ccccc1. The summed E-state index contributed by atoms with van der Waals surface area (Å²) in [6, 6.07) is 8.70.